The Morgan fingerprint density at radius 3 is 2.02 bits per heavy atom. The lowest BCUT2D eigenvalue weighted by Gasteiger charge is -2.33. The summed E-state index contributed by atoms with van der Waals surface area (Å²) in [5.74, 6) is -16.8. The molecule has 0 atom stereocenters. The van der Waals surface area contributed by atoms with E-state index in [1.54, 1.807) is 20.8 Å². The number of carbonyl (C=O) groups is 1. The zero-order chi connectivity index (χ0) is 32.3. The van der Waals surface area contributed by atoms with Crippen LogP contribution in [0, 0.1) is 10.1 Å². The van der Waals surface area contributed by atoms with Crippen LogP contribution in [0.2, 0.25) is 0 Å². The molecule has 2 aromatic rings. The van der Waals surface area contributed by atoms with Gasteiger partial charge in [-0.2, -0.15) is 53.0 Å². The van der Waals surface area contributed by atoms with Crippen molar-refractivity contribution in [3.05, 3.63) is 28.4 Å². The van der Waals surface area contributed by atoms with Crippen LogP contribution in [0.25, 0.3) is 10.9 Å². The summed E-state index contributed by atoms with van der Waals surface area (Å²) in [5.41, 5.74) is -2.57. The number of carbonyl (C=O) groups excluding carboxylic acids is 1. The van der Waals surface area contributed by atoms with Crippen LogP contribution in [-0.2, 0) is 14.9 Å². The van der Waals surface area contributed by atoms with Crippen LogP contribution in [0.5, 0.6) is 5.75 Å². The Kier molecular flexibility index (Phi) is 8.12. The molecule has 0 spiro atoms. The van der Waals surface area contributed by atoms with Crippen LogP contribution in [0.3, 0.4) is 0 Å². The van der Waals surface area contributed by atoms with E-state index in [0.29, 0.717) is 12.1 Å². The molecule has 1 aromatic carbocycles. The number of benzene rings is 1. The Labute approximate surface area is 230 Å². The van der Waals surface area contributed by atoms with Crippen LogP contribution < -0.4 is 4.18 Å². The molecule has 1 fully saturated rings. The molecule has 236 valence electrons. The summed E-state index contributed by atoms with van der Waals surface area (Å²) < 4.78 is 153. The summed E-state index contributed by atoms with van der Waals surface area (Å²) in [6.45, 7) is 5.38. The fourth-order valence-corrected chi connectivity index (χ4v) is 4.70. The highest BCUT2D eigenvalue weighted by molar-refractivity contribution is 7.88. The van der Waals surface area contributed by atoms with Gasteiger partial charge in [-0.1, -0.05) is 0 Å². The number of halogens is 9. The van der Waals surface area contributed by atoms with Crippen molar-refractivity contribution in [2.24, 2.45) is 0 Å². The third-order valence-electron chi connectivity index (χ3n) is 5.92. The number of likely N-dealkylation sites (tertiary alicyclic amines) is 1. The number of aromatic nitrogens is 2. The lowest BCUT2D eigenvalue weighted by Crippen LogP contribution is -2.63. The van der Waals surface area contributed by atoms with Crippen molar-refractivity contribution in [3.8, 4) is 5.75 Å². The standard InChI is InChI=1S/C21H21F9N4O7S/c1-17(2,3)40-16(35)32-6-4-12(5-7-32)33-10-11-8-14(34(36)37)15(9-13(11)31-33)41-42(38,39)21(29,30)19(24,25)18(22,23)20(26,27)28/h8-10,12H,4-7H2,1-3H3. The molecule has 0 N–H and O–H groups in total. The van der Waals surface area contributed by atoms with Gasteiger partial charge in [0.15, 0.2) is 0 Å². The second kappa shape index (κ2) is 10.3. The Bertz CT molecular complexity index is 1480. The monoisotopic (exact) mass is 644 g/mol. The molecule has 0 unspecified atom stereocenters. The number of nitro groups is 1. The molecular weight excluding hydrogens is 623 g/mol. The molecular formula is C21H21F9N4O7S. The minimum Gasteiger partial charge on any atom is -0.444 e. The van der Waals surface area contributed by atoms with Gasteiger partial charge in [0.25, 0.3) is 0 Å². The summed E-state index contributed by atoms with van der Waals surface area (Å²) in [6.07, 6.45) is -6.11. The molecule has 0 saturated carbocycles. The van der Waals surface area contributed by atoms with Crippen molar-refractivity contribution in [2.75, 3.05) is 13.1 Å². The fourth-order valence-electron chi connectivity index (χ4n) is 3.78. The van der Waals surface area contributed by atoms with Crippen molar-refractivity contribution >= 4 is 32.8 Å². The number of nitro benzene ring substituents is 1. The fraction of sp³-hybridized carbons (Fsp3) is 0.619. The molecule has 1 aliphatic heterocycles. The van der Waals surface area contributed by atoms with Gasteiger partial charge in [-0.3, -0.25) is 14.8 Å². The van der Waals surface area contributed by atoms with Gasteiger partial charge in [0.2, 0.25) is 5.75 Å². The van der Waals surface area contributed by atoms with Crippen molar-refractivity contribution in [1.29, 1.82) is 0 Å². The van der Waals surface area contributed by atoms with Gasteiger partial charge in [0.1, 0.15) is 5.60 Å². The number of rotatable bonds is 7. The third-order valence-corrected chi connectivity index (χ3v) is 7.20. The Hall–Kier alpha value is -3.52. The first-order valence-corrected chi connectivity index (χ1v) is 13.0. The maximum absolute atomic E-state index is 14.1. The largest absolute Gasteiger partial charge is 0.460 e. The molecule has 21 heteroatoms. The Morgan fingerprint density at radius 1 is 1.00 bits per heavy atom. The molecule has 0 bridgehead atoms. The quantitative estimate of drug-likeness (QED) is 0.163. The molecule has 2 heterocycles. The summed E-state index contributed by atoms with van der Waals surface area (Å²) in [4.78, 5) is 23.7. The van der Waals surface area contributed by atoms with E-state index in [2.05, 4.69) is 9.28 Å². The molecule has 0 radical (unpaired) electrons. The van der Waals surface area contributed by atoms with Crippen molar-refractivity contribution in [1.82, 2.24) is 14.7 Å². The first kappa shape index (κ1) is 33.0. The number of fused-ring (bicyclic) bond motifs is 1. The van der Waals surface area contributed by atoms with E-state index in [0.717, 1.165) is 0 Å². The number of hydrogen-bond acceptors (Lipinski definition) is 8. The molecule has 1 aliphatic rings. The Morgan fingerprint density at radius 2 is 1.55 bits per heavy atom. The van der Waals surface area contributed by atoms with E-state index in [1.165, 1.54) is 15.8 Å². The van der Waals surface area contributed by atoms with Crippen LogP contribution >= 0.6 is 0 Å². The van der Waals surface area contributed by atoms with Crippen LogP contribution in [0.4, 0.5) is 50.0 Å². The molecule has 11 nitrogen and oxygen atoms in total. The van der Waals surface area contributed by atoms with Crippen molar-refractivity contribution in [2.45, 2.75) is 68.5 Å². The number of nitrogens with zero attached hydrogens (tertiary/aromatic N) is 4. The van der Waals surface area contributed by atoms with Gasteiger partial charge in [0.05, 0.1) is 16.5 Å². The first-order chi connectivity index (χ1) is 18.8. The average molecular weight is 644 g/mol. The van der Waals surface area contributed by atoms with Gasteiger partial charge >= 0.3 is 45.2 Å². The minimum atomic E-state index is -7.59. The highest BCUT2D eigenvalue weighted by atomic mass is 32.2. The van der Waals surface area contributed by atoms with E-state index >= 15 is 0 Å². The maximum atomic E-state index is 14.1. The van der Waals surface area contributed by atoms with E-state index in [-0.39, 0.29) is 36.8 Å². The number of ether oxygens (including phenoxy) is 1. The number of alkyl halides is 9. The Balaban J connectivity index is 1.92. The van der Waals surface area contributed by atoms with Gasteiger partial charge in [-0.05, 0) is 33.6 Å². The minimum absolute atomic E-state index is 0.110. The van der Waals surface area contributed by atoms with Crippen LogP contribution in [0.15, 0.2) is 18.3 Å². The van der Waals surface area contributed by atoms with E-state index < -0.39 is 67.5 Å². The predicted molar refractivity (Wildman–Crippen MR) is 123 cm³/mol. The summed E-state index contributed by atoms with van der Waals surface area (Å²) in [5, 5.41) is 8.14. The van der Waals surface area contributed by atoms with Gasteiger partial charge in [-0.15, -0.1) is 0 Å². The summed E-state index contributed by atoms with van der Waals surface area (Å²) in [6, 6.07) is 0.434. The predicted octanol–water partition coefficient (Wildman–Crippen LogP) is 5.65. The molecule has 0 aliphatic carbocycles. The van der Waals surface area contributed by atoms with Crippen LogP contribution in [0.1, 0.15) is 39.7 Å². The zero-order valence-electron chi connectivity index (χ0n) is 21.6. The first-order valence-electron chi connectivity index (χ1n) is 11.6. The topological polar surface area (TPSA) is 134 Å². The van der Waals surface area contributed by atoms with Crippen LogP contribution in [-0.4, -0.2) is 76.1 Å². The smallest absolute Gasteiger partial charge is 0.444 e. The molecule has 1 amide bonds. The molecule has 1 saturated heterocycles. The second-order valence-electron chi connectivity index (χ2n) is 10.1. The lowest BCUT2D eigenvalue weighted by molar-refractivity contribution is -0.385. The van der Waals surface area contributed by atoms with Gasteiger partial charge < -0.3 is 13.8 Å². The van der Waals surface area contributed by atoms with E-state index in [9.17, 15) is 62.8 Å². The van der Waals surface area contributed by atoms with Gasteiger partial charge in [0, 0.05) is 36.8 Å². The maximum Gasteiger partial charge on any atom is 0.460 e. The molecule has 42 heavy (non-hydrogen) atoms. The molecule has 1 aromatic heterocycles. The van der Waals surface area contributed by atoms with Gasteiger partial charge in [-0.25, -0.2) is 4.79 Å². The summed E-state index contributed by atoms with van der Waals surface area (Å²) in [7, 11) is -7.43. The average Bonchev–Trinajstić information content (AvgIpc) is 3.24. The van der Waals surface area contributed by atoms with Crippen molar-refractivity contribution < 1.29 is 66.6 Å². The molecule has 3 rings (SSSR count). The number of amides is 1. The van der Waals surface area contributed by atoms with E-state index in [4.69, 9.17) is 4.74 Å². The third kappa shape index (κ3) is 5.87. The summed E-state index contributed by atoms with van der Waals surface area (Å²) >= 11 is 0. The lowest BCUT2D eigenvalue weighted by atomic mass is 10.1. The normalized spacial score (nSPS) is 16.5. The number of hydrogen-bond donors (Lipinski definition) is 0. The second-order valence-corrected chi connectivity index (χ2v) is 11.7. The number of piperidine rings is 1. The van der Waals surface area contributed by atoms with E-state index in [1.807, 2.05) is 0 Å². The van der Waals surface area contributed by atoms with Crippen molar-refractivity contribution in [3.63, 3.8) is 0 Å². The zero-order valence-corrected chi connectivity index (χ0v) is 22.4. The SMILES string of the molecule is CC(C)(C)OC(=O)N1CCC(n2cc3cc([N+](=O)[O-])c(OS(=O)(=O)C(F)(F)C(F)(F)C(F)(F)C(F)(F)F)cc3n2)CC1. The highest BCUT2D eigenvalue weighted by Gasteiger charge is 2.86. The highest BCUT2D eigenvalue weighted by Crippen LogP contribution is 2.55.